The maximum atomic E-state index is 5.88. The number of rotatable bonds is 4. The number of nitrogens with zero attached hydrogens (tertiary/aromatic N) is 2. The second kappa shape index (κ2) is 7.38. The lowest BCUT2D eigenvalue weighted by Crippen LogP contribution is -2.24. The minimum Gasteiger partial charge on any atom is -0.376 e. The van der Waals surface area contributed by atoms with Crippen LogP contribution in [0.15, 0.2) is 65.0 Å². The van der Waals surface area contributed by atoms with Gasteiger partial charge in [0.15, 0.2) is 4.80 Å². The van der Waals surface area contributed by atoms with Crippen molar-refractivity contribution in [2.75, 3.05) is 6.61 Å². The lowest BCUT2D eigenvalue weighted by atomic mass is 10.1. The van der Waals surface area contributed by atoms with E-state index in [0.717, 1.165) is 36.5 Å². The summed E-state index contributed by atoms with van der Waals surface area (Å²) in [5.74, 6) is 0. The molecule has 25 heavy (non-hydrogen) atoms. The van der Waals surface area contributed by atoms with E-state index in [1.54, 1.807) is 11.3 Å². The Morgan fingerprint density at radius 1 is 1.12 bits per heavy atom. The smallest absolute Gasteiger partial charge is 0.190 e. The summed E-state index contributed by atoms with van der Waals surface area (Å²) in [6.45, 7) is 3.85. The number of thiazole rings is 1. The van der Waals surface area contributed by atoms with Crippen molar-refractivity contribution in [3.05, 3.63) is 70.3 Å². The Labute approximate surface area is 152 Å². The zero-order chi connectivity index (χ0) is 17.1. The summed E-state index contributed by atoms with van der Waals surface area (Å²) in [5.41, 5.74) is 4.71. The van der Waals surface area contributed by atoms with Crippen LogP contribution in [0.1, 0.15) is 18.4 Å². The first-order valence-corrected chi connectivity index (χ1v) is 9.64. The molecule has 3 aromatic rings. The molecule has 128 valence electrons. The highest BCUT2D eigenvalue weighted by Gasteiger charge is 2.19. The number of para-hydroxylation sites is 1. The fourth-order valence-electron chi connectivity index (χ4n) is 3.16. The largest absolute Gasteiger partial charge is 0.376 e. The normalized spacial score (nSPS) is 18.0. The molecule has 1 aliphatic heterocycles. The van der Waals surface area contributed by atoms with Crippen LogP contribution >= 0.6 is 11.3 Å². The van der Waals surface area contributed by atoms with Gasteiger partial charge in [0, 0.05) is 12.0 Å². The fourth-order valence-corrected chi connectivity index (χ4v) is 4.09. The van der Waals surface area contributed by atoms with Gasteiger partial charge in [0.05, 0.1) is 24.0 Å². The SMILES string of the molecule is Cc1ccc(-c2csc(=Nc3ccccc3)n2CC2CCCO2)cc1. The quantitative estimate of drug-likeness (QED) is 0.655. The third-order valence-electron chi connectivity index (χ3n) is 4.54. The molecule has 1 aromatic heterocycles. The van der Waals surface area contributed by atoms with E-state index in [0.29, 0.717) is 0 Å². The molecule has 0 aliphatic carbocycles. The molecule has 2 heterocycles. The minimum atomic E-state index is 0.286. The number of hydrogen-bond acceptors (Lipinski definition) is 3. The molecule has 2 aromatic carbocycles. The molecule has 0 radical (unpaired) electrons. The van der Waals surface area contributed by atoms with E-state index in [4.69, 9.17) is 9.73 Å². The van der Waals surface area contributed by atoms with Crippen molar-refractivity contribution in [1.82, 2.24) is 4.57 Å². The second-order valence-electron chi connectivity index (χ2n) is 6.46. The number of aryl methyl sites for hydroxylation is 1. The minimum absolute atomic E-state index is 0.286. The maximum Gasteiger partial charge on any atom is 0.190 e. The van der Waals surface area contributed by atoms with Crippen LogP contribution < -0.4 is 4.80 Å². The predicted octanol–water partition coefficient (Wildman–Crippen LogP) is 4.94. The van der Waals surface area contributed by atoms with Gasteiger partial charge in [-0.15, -0.1) is 11.3 Å². The van der Waals surface area contributed by atoms with Crippen LogP contribution in [0.2, 0.25) is 0 Å². The maximum absolute atomic E-state index is 5.88. The molecule has 0 bridgehead atoms. The van der Waals surface area contributed by atoms with Gasteiger partial charge >= 0.3 is 0 Å². The third-order valence-corrected chi connectivity index (χ3v) is 5.40. The molecule has 1 fully saturated rings. The molecular weight excluding hydrogens is 328 g/mol. The van der Waals surface area contributed by atoms with Crippen LogP contribution in [0.3, 0.4) is 0 Å². The Balaban J connectivity index is 1.78. The molecule has 0 N–H and O–H groups in total. The van der Waals surface area contributed by atoms with Crippen LogP contribution in [0.5, 0.6) is 0 Å². The molecule has 1 unspecified atom stereocenters. The van der Waals surface area contributed by atoms with Crippen molar-refractivity contribution in [1.29, 1.82) is 0 Å². The average molecular weight is 350 g/mol. The molecule has 1 aliphatic rings. The average Bonchev–Trinajstić information content (AvgIpc) is 3.28. The van der Waals surface area contributed by atoms with E-state index < -0.39 is 0 Å². The van der Waals surface area contributed by atoms with Crippen molar-refractivity contribution in [2.45, 2.75) is 32.4 Å². The summed E-state index contributed by atoms with van der Waals surface area (Å²) in [5, 5.41) is 2.21. The van der Waals surface area contributed by atoms with Crippen LogP contribution in [0.4, 0.5) is 5.69 Å². The van der Waals surface area contributed by atoms with Gasteiger partial charge in [-0.1, -0.05) is 48.0 Å². The summed E-state index contributed by atoms with van der Waals surface area (Å²) < 4.78 is 8.20. The molecule has 4 rings (SSSR count). The summed E-state index contributed by atoms with van der Waals surface area (Å²) in [6, 6.07) is 18.9. The van der Waals surface area contributed by atoms with Gasteiger partial charge < -0.3 is 9.30 Å². The number of hydrogen-bond donors (Lipinski definition) is 0. The van der Waals surface area contributed by atoms with Crippen LogP contribution in [0.25, 0.3) is 11.3 Å². The molecule has 1 saturated heterocycles. The van der Waals surface area contributed by atoms with E-state index in [1.807, 2.05) is 30.3 Å². The molecular formula is C21H22N2OS. The second-order valence-corrected chi connectivity index (χ2v) is 7.30. The van der Waals surface area contributed by atoms with Gasteiger partial charge in [-0.3, -0.25) is 0 Å². The molecule has 0 amide bonds. The summed E-state index contributed by atoms with van der Waals surface area (Å²) in [6.07, 6.45) is 2.56. The summed E-state index contributed by atoms with van der Waals surface area (Å²) >= 11 is 1.69. The lowest BCUT2D eigenvalue weighted by molar-refractivity contribution is 0.0968. The fraction of sp³-hybridized carbons (Fsp3) is 0.286. The van der Waals surface area contributed by atoms with Crippen LogP contribution in [-0.2, 0) is 11.3 Å². The zero-order valence-corrected chi connectivity index (χ0v) is 15.2. The van der Waals surface area contributed by atoms with Gasteiger partial charge in [-0.2, -0.15) is 0 Å². The predicted molar refractivity (Wildman–Crippen MR) is 103 cm³/mol. The van der Waals surface area contributed by atoms with Gasteiger partial charge in [0.25, 0.3) is 0 Å². The van der Waals surface area contributed by atoms with E-state index in [2.05, 4.69) is 41.1 Å². The zero-order valence-electron chi connectivity index (χ0n) is 14.4. The van der Waals surface area contributed by atoms with Crippen LogP contribution in [-0.4, -0.2) is 17.3 Å². The van der Waals surface area contributed by atoms with Crippen molar-refractivity contribution < 1.29 is 4.74 Å². The van der Waals surface area contributed by atoms with Crippen molar-refractivity contribution in [3.63, 3.8) is 0 Å². The monoisotopic (exact) mass is 350 g/mol. The molecule has 0 spiro atoms. The van der Waals surface area contributed by atoms with Crippen LogP contribution in [0, 0.1) is 6.92 Å². The Hall–Kier alpha value is -2.17. The van der Waals surface area contributed by atoms with Crippen molar-refractivity contribution in [3.8, 4) is 11.3 Å². The highest BCUT2D eigenvalue weighted by atomic mass is 32.1. The van der Waals surface area contributed by atoms with Crippen molar-refractivity contribution >= 4 is 17.0 Å². The Kier molecular flexibility index (Phi) is 4.81. The number of benzene rings is 2. The topological polar surface area (TPSA) is 26.5 Å². The first-order valence-electron chi connectivity index (χ1n) is 8.76. The molecule has 1 atom stereocenters. The Bertz CT molecular complexity index is 888. The van der Waals surface area contributed by atoms with Gasteiger partial charge in [-0.05, 0) is 37.5 Å². The number of aromatic nitrogens is 1. The summed E-state index contributed by atoms with van der Waals surface area (Å²) in [7, 11) is 0. The standard InChI is InChI=1S/C21H22N2OS/c1-16-9-11-17(12-10-16)20-15-25-21(22-18-6-3-2-4-7-18)23(20)14-19-8-5-13-24-19/h2-4,6-7,9-12,15,19H,5,8,13-14H2,1H3. The first-order chi connectivity index (χ1) is 12.3. The highest BCUT2D eigenvalue weighted by Crippen LogP contribution is 2.23. The molecule has 3 nitrogen and oxygen atoms in total. The van der Waals surface area contributed by atoms with Gasteiger partial charge in [-0.25, -0.2) is 4.99 Å². The van der Waals surface area contributed by atoms with Gasteiger partial charge in [0.1, 0.15) is 0 Å². The molecule has 0 saturated carbocycles. The van der Waals surface area contributed by atoms with E-state index in [9.17, 15) is 0 Å². The number of ether oxygens (including phenoxy) is 1. The van der Waals surface area contributed by atoms with Crippen molar-refractivity contribution in [2.24, 2.45) is 4.99 Å². The Morgan fingerprint density at radius 3 is 2.64 bits per heavy atom. The lowest BCUT2D eigenvalue weighted by Gasteiger charge is -2.14. The van der Waals surface area contributed by atoms with E-state index in [-0.39, 0.29) is 6.10 Å². The Morgan fingerprint density at radius 2 is 1.92 bits per heavy atom. The van der Waals surface area contributed by atoms with E-state index in [1.165, 1.54) is 16.8 Å². The highest BCUT2D eigenvalue weighted by molar-refractivity contribution is 7.07. The first kappa shape index (κ1) is 16.3. The molecule has 4 heteroatoms. The van der Waals surface area contributed by atoms with Gasteiger partial charge in [0.2, 0.25) is 0 Å². The summed E-state index contributed by atoms with van der Waals surface area (Å²) in [4.78, 5) is 5.90. The van der Waals surface area contributed by atoms with E-state index >= 15 is 0 Å². The third kappa shape index (κ3) is 3.75.